The van der Waals surface area contributed by atoms with Gasteiger partial charge >= 0.3 is 0 Å². The van der Waals surface area contributed by atoms with Crippen LogP contribution < -0.4 is 0 Å². The van der Waals surface area contributed by atoms with Crippen LogP contribution >= 0.6 is 0 Å². The second-order valence-electron chi connectivity index (χ2n) is 11.8. The zero-order chi connectivity index (χ0) is 34.7. The largest absolute Gasteiger partial charge is 0.394 e. The van der Waals surface area contributed by atoms with Crippen LogP contribution in [0, 0.1) is 5.82 Å². The number of benzene rings is 2. The highest BCUT2D eigenvalue weighted by Crippen LogP contribution is 2.26. The number of pyridine rings is 3. The second-order valence-corrected chi connectivity index (χ2v) is 11.8. The Kier molecular flexibility index (Phi) is 8.43. The molecule has 1 atom stereocenters. The van der Waals surface area contributed by atoms with Crippen molar-refractivity contribution in [3.05, 3.63) is 127 Å². The molecule has 0 fully saturated rings. The Hall–Kier alpha value is -6.74. The molecule has 0 saturated carbocycles. The van der Waals surface area contributed by atoms with Gasteiger partial charge in [0.05, 0.1) is 55.0 Å². The Morgan fingerprint density at radius 1 is 0.824 bits per heavy atom. The molecule has 0 bridgehead atoms. The van der Waals surface area contributed by atoms with Crippen LogP contribution in [0.4, 0.5) is 4.39 Å². The summed E-state index contributed by atoms with van der Waals surface area (Å²) >= 11 is 0. The fourth-order valence-electron chi connectivity index (χ4n) is 5.74. The van der Waals surface area contributed by atoms with E-state index in [0.29, 0.717) is 24.3 Å². The summed E-state index contributed by atoms with van der Waals surface area (Å²) < 4.78 is 18.2. The minimum atomic E-state index is -0.271. The molecule has 9 aromatic rings. The van der Waals surface area contributed by atoms with Gasteiger partial charge < -0.3 is 5.11 Å². The molecule has 9 rings (SSSR count). The van der Waals surface area contributed by atoms with Crippen molar-refractivity contribution in [2.45, 2.75) is 26.1 Å². The molecule has 0 amide bonds. The molecule has 1 unspecified atom stereocenters. The van der Waals surface area contributed by atoms with Gasteiger partial charge in [0.15, 0.2) is 11.3 Å². The van der Waals surface area contributed by atoms with Crippen LogP contribution in [0.3, 0.4) is 0 Å². The number of nitrogens with zero attached hydrogens (tertiary/aromatic N) is 12. The maximum absolute atomic E-state index is 13.0. The normalized spacial score (nSPS) is 12.0. The van der Waals surface area contributed by atoms with Gasteiger partial charge in [-0.1, -0.05) is 34.7 Å². The third-order valence-electron chi connectivity index (χ3n) is 8.45. The van der Waals surface area contributed by atoms with E-state index in [0.717, 1.165) is 55.7 Å². The molecule has 51 heavy (non-hydrogen) atoms. The molecule has 15 heteroatoms. The smallest absolute Gasteiger partial charge is 0.179 e. The number of rotatable bonds is 8. The van der Waals surface area contributed by atoms with Crippen LogP contribution in [0.15, 0.2) is 110 Å². The standard InChI is InChI=1S/C19H15N7.C17H15FN6O/c1-12(13-4-5-16-14(9-13)3-2-8-20-16)26-19-18(24-25-26)7-6-17(23-19)15-10-21-22-11-15;18-14-3-1-12(2-4-14)10-24-17-16(21-22-24)6-5-15(20-17)13-9-19-23(11-13)7-8-25/h2-12H,1H3,(H,21,22);1-6,9,11,25H,7-8,10H2. The van der Waals surface area contributed by atoms with Gasteiger partial charge in [-0.15, -0.1) is 10.2 Å². The lowest BCUT2D eigenvalue weighted by molar-refractivity contribution is 0.269. The Morgan fingerprint density at radius 2 is 1.59 bits per heavy atom. The highest BCUT2D eigenvalue weighted by Gasteiger charge is 2.16. The minimum absolute atomic E-state index is 0.00305. The third kappa shape index (κ3) is 6.52. The van der Waals surface area contributed by atoms with Crippen molar-refractivity contribution in [3.8, 4) is 22.5 Å². The number of halogens is 1. The molecule has 14 nitrogen and oxygen atoms in total. The Bertz CT molecular complexity index is 2570. The Morgan fingerprint density at radius 3 is 2.39 bits per heavy atom. The zero-order valence-electron chi connectivity index (χ0n) is 27.3. The average Bonchev–Trinajstić information content (AvgIpc) is 4.00. The van der Waals surface area contributed by atoms with E-state index >= 15 is 0 Å². The van der Waals surface area contributed by atoms with Crippen molar-refractivity contribution in [2.75, 3.05) is 6.61 Å². The zero-order valence-corrected chi connectivity index (χ0v) is 27.3. The van der Waals surface area contributed by atoms with E-state index in [-0.39, 0.29) is 18.5 Å². The quantitative estimate of drug-likeness (QED) is 0.217. The lowest BCUT2D eigenvalue weighted by atomic mass is 10.1. The van der Waals surface area contributed by atoms with Crippen molar-refractivity contribution in [1.82, 2.24) is 64.9 Å². The van der Waals surface area contributed by atoms with Crippen LogP contribution in [-0.2, 0) is 13.1 Å². The van der Waals surface area contributed by atoms with Crippen molar-refractivity contribution in [3.63, 3.8) is 0 Å². The summed E-state index contributed by atoms with van der Waals surface area (Å²) in [7, 11) is 0. The molecule has 0 saturated heterocycles. The average molecular weight is 680 g/mol. The van der Waals surface area contributed by atoms with Crippen molar-refractivity contribution >= 4 is 33.2 Å². The number of hydrogen-bond donors (Lipinski definition) is 2. The molecule has 0 aliphatic carbocycles. The first-order valence-corrected chi connectivity index (χ1v) is 16.2. The van der Waals surface area contributed by atoms with Crippen molar-refractivity contribution < 1.29 is 9.50 Å². The Balaban J connectivity index is 0.000000147. The summed E-state index contributed by atoms with van der Waals surface area (Å²) in [4.78, 5) is 13.8. The number of nitrogens with one attached hydrogen (secondary N) is 1. The number of aromatic nitrogens is 13. The van der Waals surface area contributed by atoms with Gasteiger partial charge in [-0.25, -0.2) is 23.7 Å². The number of aromatic amines is 1. The van der Waals surface area contributed by atoms with Crippen LogP contribution in [0.2, 0.25) is 0 Å². The molecule has 0 spiro atoms. The summed E-state index contributed by atoms with van der Waals surface area (Å²) in [5.74, 6) is -0.271. The number of fused-ring (bicyclic) bond motifs is 3. The van der Waals surface area contributed by atoms with Gasteiger partial charge in [0.2, 0.25) is 0 Å². The highest BCUT2D eigenvalue weighted by molar-refractivity contribution is 5.79. The molecular formula is C36H30FN13O. The first-order chi connectivity index (χ1) is 25.0. The minimum Gasteiger partial charge on any atom is -0.394 e. The number of hydrogen-bond acceptors (Lipinski definition) is 10. The maximum Gasteiger partial charge on any atom is 0.179 e. The summed E-state index contributed by atoms with van der Waals surface area (Å²) in [5, 5.41) is 38.0. The molecule has 252 valence electrons. The second kappa shape index (κ2) is 13.6. The van der Waals surface area contributed by atoms with Gasteiger partial charge in [-0.3, -0.25) is 14.8 Å². The summed E-state index contributed by atoms with van der Waals surface area (Å²) in [6.45, 7) is 3.02. The molecule has 2 N–H and O–H groups in total. The monoisotopic (exact) mass is 679 g/mol. The fourth-order valence-corrected chi connectivity index (χ4v) is 5.74. The summed E-state index contributed by atoms with van der Waals surface area (Å²) in [6, 6.07) is 24.1. The molecule has 0 radical (unpaired) electrons. The molecule has 0 aliphatic rings. The summed E-state index contributed by atoms with van der Waals surface area (Å²) in [5.41, 5.74) is 9.26. The summed E-state index contributed by atoms with van der Waals surface area (Å²) in [6.07, 6.45) is 8.91. The van der Waals surface area contributed by atoms with Gasteiger partial charge in [-0.05, 0) is 72.6 Å². The molecule has 7 heterocycles. The molecule has 2 aromatic carbocycles. The highest BCUT2D eigenvalue weighted by atomic mass is 19.1. The van der Waals surface area contributed by atoms with E-state index in [4.69, 9.17) is 10.1 Å². The van der Waals surface area contributed by atoms with Crippen LogP contribution in [-0.4, -0.2) is 76.6 Å². The van der Waals surface area contributed by atoms with Gasteiger partial charge in [0, 0.05) is 35.1 Å². The van der Waals surface area contributed by atoms with Crippen molar-refractivity contribution in [1.29, 1.82) is 0 Å². The number of aliphatic hydroxyl groups is 1. The lowest BCUT2D eigenvalue weighted by Gasteiger charge is -2.13. The van der Waals surface area contributed by atoms with Crippen molar-refractivity contribution in [2.24, 2.45) is 0 Å². The lowest BCUT2D eigenvalue weighted by Crippen LogP contribution is -2.09. The van der Waals surface area contributed by atoms with Gasteiger partial charge in [-0.2, -0.15) is 10.2 Å². The van der Waals surface area contributed by atoms with E-state index in [2.05, 4.69) is 71.0 Å². The molecular weight excluding hydrogens is 649 g/mol. The predicted octanol–water partition coefficient (Wildman–Crippen LogP) is 5.24. The topological polar surface area (TPSA) is 167 Å². The number of H-pyrrole nitrogens is 1. The predicted molar refractivity (Wildman–Crippen MR) is 188 cm³/mol. The maximum atomic E-state index is 13.0. The van der Waals surface area contributed by atoms with E-state index in [1.54, 1.807) is 40.1 Å². The third-order valence-corrected chi connectivity index (χ3v) is 8.45. The van der Waals surface area contributed by atoms with Crippen LogP contribution in [0.1, 0.15) is 24.1 Å². The molecule has 0 aliphatic heterocycles. The SMILES string of the molecule is CC(c1ccc2ncccc2c1)n1nnc2ccc(-c3cn[nH]c3)nc21.OCCn1cc(-c2ccc3nnn(Cc4ccc(F)cc4)c3n2)cn1. The number of aliphatic hydroxyl groups excluding tert-OH is 1. The van der Waals surface area contributed by atoms with E-state index in [9.17, 15) is 4.39 Å². The van der Waals surface area contributed by atoms with Crippen LogP contribution in [0.25, 0.3) is 55.7 Å². The Labute approximate surface area is 289 Å². The van der Waals surface area contributed by atoms with Gasteiger partial charge in [0.25, 0.3) is 0 Å². The first-order valence-electron chi connectivity index (χ1n) is 16.2. The molecule has 7 aromatic heterocycles. The van der Waals surface area contributed by atoms with Gasteiger partial charge in [0.1, 0.15) is 16.9 Å². The van der Waals surface area contributed by atoms with E-state index in [1.807, 2.05) is 53.5 Å². The van der Waals surface area contributed by atoms with Crippen LogP contribution in [0.5, 0.6) is 0 Å². The van der Waals surface area contributed by atoms with E-state index in [1.165, 1.54) is 12.1 Å². The first kappa shape index (κ1) is 31.5. The fraction of sp³-hybridized carbons (Fsp3) is 0.139. The van der Waals surface area contributed by atoms with E-state index < -0.39 is 0 Å².